The van der Waals surface area contributed by atoms with Crippen LogP contribution in [0.2, 0.25) is 0 Å². The first-order valence-corrected chi connectivity index (χ1v) is 13.2. The fourth-order valence-corrected chi connectivity index (χ4v) is 6.16. The molecule has 6 nitrogen and oxygen atoms in total. The molecule has 3 aromatic rings. The van der Waals surface area contributed by atoms with Crippen molar-refractivity contribution in [2.75, 3.05) is 23.4 Å². The third-order valence-corrected chi connectivity index (χ3v) is 8.11. The Hall–Kier alpha value is -3.93. The molecule has 0 atom stereocenters. The number of aryl methyl sites for hydroxylation is 1. The molecule has 6 rings (SSSR count). The summed E-state index contributed by atoms with van der Waals surface area (Å²) in [5.74, 6) is -0.334. The van der Waals surface area contributed by atoms with Gasteiger partial charge in [-0.05, 0) is 79.1 Å². The summed E-state index contributed by atoms with van der Waals surface area (Å²) in [5, 5.41) is 13.6. The minimum absolute atomic E-state index is 0.0128. The maximum atomic E-state index is 13.7. The van der Waals surface area contributed by atoms with Crippen molar-refractivity contribution >= 4 is 45.7 Å². The number of imide groups is 1. The number of nitrogens with zero attached hydrogens (tertiary/aromatic N) is 2. The molecule has 0 spiro atoms. The number of carbonyl (C=O) groups is 2. The largest absolute Gasteiger partial charge is 0.366 e. The van der Waals surface area contributed by atoms with Crippen LogP contribution in [0.3, 0.4) is 0 Å². The molecular weight excluding hydrogens is 460 g/mol. The van der Waals surface area contributed by atoms with Crippen LogP contribution in [0.1, 0.15) is 70.9 Å². The maximum Gasteiger partial charge on any atom is 0.261 e. The van der Waals surface area contributed by atoms with E-state index in [1.54, 1.807) is 0 Å². The molecule has 2 N–H and O–H groups in total. The lowest BCUT2D eigenvalue weighted by Gasteiger charge is -2.36. The quantitative estimate of drug-likeness (QED) is 0.320. The Morgan fingerprint density at radius 2 is 1.78 bits per heavy atom. The van der Waals surface area contributed by atoms with Crippen molar-refractivity contribution in [3.63, 3.8) is 0 Å². The van der Waals surface area contributed by atoms with Gasteiger partial charge in [-0.2, -0.15) is 0 Å². The molecular formula is C31H32N4O2. The smallest absolute Gasteiger partial charge is 0.261 e. The first-order chi connectivity index (χ1) is 17.9. The lowest BCUT2D eigenvalue weighted by molar-refractivity contribution is 0.0503. The summed E-state index contributed by atoms with van der Waals surface area (Å²) >= 11 is 0. The first-order valence-electron chi connectivity index (χ1n) is 13.2. The Labute approximate surface area is 217 Å². The predicted molar refractivity (Wildman–Crippen MR) is 150 cm³/mol. The van der Waals surface area contributed by atoms with E-state index < -0.39 is 0 Å². The van der Waals surface area contributed by atoms with E-state index in [0.29, 0.717) is 30.1 Å². The minimum Gasteiger partial charge on any atom is -0.366 e. The van der Waals surface area contributed by atoms with Gasteiger partial charge in [0.05, 0.1) is 18.0 Å². The van der Waals surface area contributed by atoms with E-state index in [1.165, 1.54) is 11.3 Å². The molecule has 0 radical (unpaired) electrons. The van der Waals surface area contributed by atoms with Gasteiger partial charge < -0.3 is 15.6 Å². The van der Waals surface area contributed by atoms with E-state index in [9.17, 15) is 9.59 Å². The predicted octanol–water partition coefficient (Wildman–Crippen LogP) is 6.39. The fourth-order valence-electron chi connectivity index (χ4n) is 6.16. The standard InChI is InChI=1S/C31H32N4O2/c1-19-15-26-29-23(11-8-12-24(29)30(36)35(31(26)37)22-9-4-3-5-10-22)25(19)16-21(20(2)32)17-34-18-33-27-13-6-7-14-28(27)34/h6-8,11-16,22,32-33H,3-5,9-10,17-18H2,1-2H3/b21-16-,32-20?. The highest BCUT2D eigenvalue weighted by atomic mass is 16.2. The molecule has 2 heterocycles. The summed E-state index contributed by atoms with van der Waals surface area (Å²) in [6, 6.07) is 15.9. The van der Waals surface area contributed by atoms with E-state index in [-0.39, 0.29) is 17.9 Å². The molecule has 0 aromatic heterocycles. The number of para-hydroxylation sites is 2. The van der Waals surface area contributed by atoms with E-state index in [0.717, 1.165) is 64.5 Å². The fraction of sp³-hybridized carbons (Fsp3) is 0.323. The third-order valence-electron chi connectivity index (χ3n) is 8.11. The molecule has 0 bridgehead atoms. The van der Waals surface area contributed by atoms with Crippen molar-refractivity contribution in [1.82, 2.24) is 4.90 Å². The Bertz CT molecular complexity index is 1480. The van der Waals surface area contributed by atoms with Crippen LogP contribution in [0.5, 0.6) is 0 Å². The number of anilines is 2. The number of nitrogens with one attached hydrogen (secondary N) is 2. The van der Waals surface area contributed by atoms with Gasteiger partial charge in [-0.15, -0.1) is 0 Å². The van der Waals surface area contributed by atoms with Gasteiger partial charge in [0.2, 0.25) is 0 Å². The van der Waals surface area contributed by atoms with E-state index in [2.05, 4.69) is 28.4 Å². The van der Waals surface area contributed by atoms with Gasteiger partial charge >= 0.3 is 0 Å². The lowest BCUT2D eigenvalue weighted by Crippen LogP contribution is -2.47. The molecule has 6 heteroatoms. The van der Waals surface area contributed by atoms with E-state index in [1.807, 2.05) is 50.2 Å². The van der Waals surface area contributed by atoms with Gasteiger partial charge in [0.1, 0.15) is 0 Å². The second kappa shape index (κ2) is 9.18. The molecule has 1 aliphatic carbocycles. The maximum absolute atomic E-state index is 13.7. The number of hydrogen-bond donors (Lipinski definition) is 2. The molecule has 1 saturated carbocycles. The van der Waals surface area contributed by atoms with Gasteiger partial charge in [-0.25, -0.2) is 0 Å². The van der Waals surface area contributed by atoms with E-state index >= 15 is 0 Å². The Morgan fingerprint density at radius 1 is 1.03 bits per heavy atom. The van der Waals surface area contributed by atoms with Crippen LogP contribution in [0, 0.1) is 12.3 Å². The van der Waals surface area contributed by atoms with Crippen LogP contribution in [-0.4, -0.2) is 41.7 Å². The van der Waals surface area contributed by atoms with Crippen molar-refractivity contribution in [1.29, 1.82) is 5.41 Å². The molecule has 0 unspecified atom stereocenters. The highest BCUT2D eigenvalue weighted by Gasteiger charge is 2.38. The van der Waals surface area contributed by atoms with Gasteiger partial charge in [-0.3, -0.25) is 14.5 Å². The molecule has 3 aromatic carbocycles. The van der Waals surface area contributed by atoms with Crippen molar-refractivity contribution in [3.8, 4) is 0 Å². The van der Waals surface area contributed by atoms with Crippen LogP contribution in [0.4, 0.5) is 11.4 Å². The molecule has 188 valence electrons. The Balaban J connectivity index is 1.43. The average molecular weight is 493 g/mol. The van der Waals surface area contributed by atoms with Gasteiger partial charge in [-0.1, -0.05) is 43.5 Å². The monoisotopic (exact) mass is 492 g/mol. The second-order valence-corrected chi connectivity index (χ2v) is 10.5. The highest BCUT2D eigenvalue weighted by Crippen LogP contribution is 2.38. The first kappa shape index (κ1) is 23.5. The topological polar surface area (TPSA) is 76.5 Å². The molecule has 2 amide bonds. The summed E-state index contributed by atoms with van der Waals surface area (Å²) in [5.41, 5.74) is 6.80. The summed E-state index contributed by atoms with van der Waals surface area (Å²) < 4.78 is 0. The molecule has 3 aliphatic rings. The van der Waals surface area contributed by atoms with Crippen LogP contribution < -0.4 is 10.2 Å². The SMILES string of the molecule is CC(=N)/C(=C\c1c(C)cc2c3c(cccc13)C(=O)N(C1CCCCC1)C2=O)CN1CNc2ccccc21. The summed E-state index contributed by atoms with van der Waals surface area (Å²) in [6.45, 7) is 5.12. The summed E-state index contributed by atoms with van der Waals surface area (Å²) in [7, 11) is 0. The number of carbonyl (C=O) groups excluding carboxylic acids is 2. The van der Waals surface area contributed by atoms with E-state index in [4.69, 9.17) is 5.41 Å². The highest BCUT2D eigenvalue weighted by molar-refractivity contribution is 6.26. The molecule has 37 heavy (non-hydrogen) atoms. The average Bonchev–Trinajstić information content (AvgIpc) is 3.31. The van der Waals surface area contributed by atoms with Crippen molar-refractivity contribution in [2.24, 2.45) is 0 Å². The number of rotatable bonds is 5. The number of benzene rings is 3. The van der Waals surface area contributed by atoms with Crippen molar-refractivity contribution in [2.45, 2.75) is 52.0 Å². The van der Waals surface area contributed by atoms with Gasteiger partial charge in [0, 0.05) is 34.8 Å². The second-order valence-electron chi connectivity index (χ2n) is 10.5. The van der Waals surface area contributed by atoms with Crippen LogP contribution in [0.15, 0.2) is 54.1 Å². The zero-order valence-electron chi connectivity index (χ0n) is 21.4. The number of hydrogen-bond acceptors (Lipinski definition) is 5. The normalized spacial score (nSPS) is 17.8. The van der Waals surface area contributed by atoms with Crippen molar-refractivity contribution in [3.05, 3.63) is 76.4 Å². The Morgan fingerprint density at radius 3 is 2.57 bits per heavy atom. The molecule has 1 fully saturated rings. The van der Waals surface area contributed by atoms with Gasteiger partial charge in [0.25, 0.3) is 11.8 Å². The lowest BCUT2D eigenvalue weighted by atomic mass is 9.85. The van der Waals surface area contributed by atoms with Crippen LogP contribution >= 0.6 is 0 Å². The third kappa shape index (κ3) is 3.91. The Kier molecular flexibility index (Phi) is 5.82. The van der Waals surface area contributed by atoms with Crippen LogP contribution in [-0.2, 0) is 0 Å². The number of amides is 2. The van der Waals surface area contributed by atoms with Crippen molar-refractivity contribution < 1.29 is 9.59 Å². The minimum atomic E-state index is -0.169. The van der Waals surface area contributed by atoms with Crippen LogP contribution in [0.25, 0.3) is 16.8 Å². The molecule has 2 aliphatic heterocycles. The summed E-state index contributed by atoms with van der Waals surface area (Å²) in [4.78, 5) is 31.1. The zero-order valence-corrected chi connectivity index (χ0v) is 21.4. The van der Waals surface area contributed by atoms with Gasteiger partial charge in [0.15, 0.2) is 0 Å². The number of fused-ring (bicyclic) bond motifs is 1. The molecule has 0 saturated heterocycles. The summed E-state index contributed by atoms with van der Waals surface area (Å²) in [6.07, 6.45) is 7.14. The zero-order chi connectivity index (χ0) is 25.7.